The third kappa shape index (κ3) is 2.93. The van der Waals surface area contributed by atoms with Crippen molar-refractivity contribution in [2.24, 2.45) is 17.8 Å². The first-order valence-corrected chi connectivity index (χ1v) is 7.41. The van der Waals surface area contributed by atoms with E-state index in [1.165, 1.54) is 30.9 Å². The maximum Gasteiger partial charge on any atom is 0.302 e. The molecule has 0 unspecified atom stereocenters. The van der Waals surface area contributed by atoms with Crippen LogP contribution in [-0.2, 0) is 9.53 Å². The monoisotopic (exact) mass is 262 g/mol. The zero-order chi connectivity index (χ0) is 14.2. The Morgan fingerprint density at radius 2 is 2.00 bits per heavy atom. The van der Waals surface area contributed by atoms with E-state index in [0.29, 0.717) is 17.8 Å². The lowest BCUT2D eigenvalue weighted by Crippen LogP contribution is -2.41. The molecule has 1 saturated carbocycles. The van der Waals surface area contributed by atoms with Crippen LogP contribution < -0.4 is 0 Å². The van der Waals surface area contributed by atoms with Crippen molar-refractivity contribution in [3.05, 3.63) is 22.8 Å². The Morgan fingerprint density at radius 1 is 1.32 bits per heavy atom. The number of hydrogen-bond acceptors (Lipinski definition) is 2. The summed E-state index contributed by atoms with van der Waals surface area (Å²) in [7, 11) is 0. The minimum atomic E-state index is -0.144. The van der Waals surface area contributed by atoms with E-state index in [1.54, 1.807) is 5.57 Å². The molecule has 19 heavy (non-hydrogen) atoms. The molecule has 2 aliphatic carbocycles. The number of fused-ring (bicyclic) bond motifs is 1. The molecule has 0 aromatic carbocycles. The van der Waals surface area contributed by atoms with E-state index >= 15 is 0 Å². The van der Waals surface area contributed by atoms with E-state index in [9.17, 15) is 4.79 Å². The van der Waals surface area contributed by atoms with Gasteiger partial charge < -0.3 is 4.74 Å². The fraction of sp³-hybridized carbons (Fsp3) is 0.706. The van der Waals surface area contributed by atoms with Crippen LogP contribution >= 0.6 is 0 Å². The van der Waals surface area contributed by atoms with Crippen molar-refractivity contribution in [3.63, 3.8) is 0 Å². The summed E-state index contributed by atoms with van der Waals surface area (Å²) in [6.07, 6.45) is 5.80. The van der Waals surface area contributed by atoms with Crippen LogP contribution in [0.15, 0.2) is 22.8 Å². The smallest absolute Gasteiger partial charge is 0.302 e. The Balaban J connectivity index is 2.36. The fourth-order valence-electron chi connectivity index (χ4n) is 3.88. The molecule has 0 N–H and O–H groups in total. The van der Waals surface area contributed by atoms with Gasteiger partial charge in [0.05, 0.1) is 0 Å². The second-order valence-corrected chi connectivity index (χ2v) is 6.51. The maximum atomic E-state index is 11.4. The van der Waals surface area contributed by atoms with Gasteiger partial charge in [0.25, 0.3) is 0 Å². The van der Waals surface area contributed by atoms with E-state index in [1.807, 2.05) is 0 Å². The van der Waals surface area contributed by atoms with Gasteiger partial charge in [-0.15, -0.1) is 0 Å². The van der Waals surface area contributed by atoms with Crippen LogP contribution in [0.3, 0.4) is 0 Å². The molecular formula is C17H26O2. The Hall–Kier alpha value is -1.05. The predicted octanol–water partition coefficient (Wildman–Crippen LogP) is 4.27. The van der Waals surface area contributed by atoms with Crippen LogP contribution in [0.5, 0.6) is 0 Å². The molecule has 2 aliphatic rings. The van der Waals surface area contributed by atoms with Gasteiger partial charge in [-0.2, -0.15) is 0 Å². The van der Waals surface area contributed by atoms with E-state index < -0.39 is 0 Å². The summed E-state index contributed by atoms with van der Waals surface area (Å²) >= 11 is 0. The standard InChI is InChI=1S/C17H26O2/c1-10(2)14-7-6-12(4)17-15(14)8-11(3)9-16(17)19-13(5)18/h8,12,15-17H,6-7,9H2,1-5H3/t12-,15-,16+,17+/m0/s1. The average molecular weight is 262 g/mol. The van der Waals surface area contributed by atoms with E-state index in [-0.39, 0.29) is 12.1 Å². The molecule has 1 fully saturated rings. The topological polar surface area (TPSA) is 26.3 Å². The first-order valence-electron chi connectivity index (χ1n) is 7.41. The first kappa shape index (κ1) is 14.4. The lowest BCUT2D eigenvalue weighted by atomic mass is 9.63. The third-order valence-electron chi connectivity index (χ3n) is 4.72. The van der Waals surface area contributed by atoms with Gasteiger partial charge in [-0.05, 0) is 39.5 Å². The molecule has 0 saturated heterocycles. The van der Waals surface area contributed by atoms with Crippen LogP contribution in [0.25, 0.3) is 0 Å². The highest BCUT2D eigenvalue weighted by Crippen LogP contribution is 2.47. The van der Waals surface area contributed by atoms with Crippen LogP contribution in [0.4, 0.5) is 0 Å². The zero-order valence-corrected chi connectivity index (χ0v) is 12.8. The minimum absolute atomic E-state index is 0.0668. The molecule has 2 heteroatoms. The molecule has 0 spiro atoms. The number of ether oxygens (including phenoxy) is 1. The van der Waals surface area contributed by atoms with Gasteiger partial charge in [-0.1, -0.05) is 29.7 Å². The first-order chi connectivity index (χ1) is 8.90. The molecule has 2 nitrogen and oxygen atoms in total. The lowest BCUT2D eigenvalue weighted by Gasteiger charge is -2.44. The summed E-state index contributed by atoms with van der Waals surface area (Å²) in [6.45, 7) is 10.4. The number of carbonyl (C=O) groups excluding carboxylic acids is 1. The van der Waals surface area contributed by atoms with Gasteiger partial charge in [-0.3, -0.25) is 4.79 Å². The summed E-state index contributed by atoms with van der Waals surface area (Å²) in [4.78, 5) is 11.4. The van der Waals surface area contributed by atoms with Gasteiger partial charge in [0.2, 0.25) is 0 Å². The van der Waals surface area contributed by atoms with Crippen LogP contribution in [0.2, 0.25) is 0 Å². The van der Waals surface area contributed by atoms with Gasteiger partial charge >= 0.3 is 5.97 Å². The molecule has 0 amide bonds. The van der Waals surface area contributed by atoms with Crippen LogP contribution in [-0.4, -0.2) is 12.1 Å². The van der Waals surface area contributed by atoms with Crippen molar-refractivity contribution < 1.29 is 9.53 Å². The van der Waals surface area contributed by atoms with Crippen molar-refractivity contribution in [2.45, 2.75) is 60.0 Å². The highest BCUT2D eigenvalue weighted by molar-refractivity contribution is 5.66. The van der Waals surface area contributed by atoms with Crippen molar-refractivity contribution in [2.75, 3.05) is 0 Å². The Labute approximate surface area is 116 Å². The summed E-state index contributed by atoms with van der Waals surface area (Å²) in [6, 6.07) is 0. The van der Waals surface area contributed by atoms with Crippen molar-refractivity contribution in [1.82, 2.24) is 0 Å². The lowest BCUT2D eigenvalue weighted by molar-refractivity contribution is -0.151. The maximum absolute atomic E-state index is 11.4. The normalized spacial score (nSPS) is 34.4. The summed E-state index contributed by atoms with van der Waals surface area (Å²) in [5, 5.41) is 0. The van der Waals surface area contributed by atoms with Gasteiger partial charge in [0, 0.05) is 25.2 Å². The van der Waals surface area contributed by atoms with Gasteiger partial charge in [0.1, 0.15) is 6.10 Å². The highest BCUT2D eigenvalue weighted by Gasteiger charge is 2.42. The fourth-order valence-corrected chi connectivity index (χ4v) is 3.88. The second kappa shape index (κ2) is 5.52. The Morgan fingerprint density at radius 3 is 2.58 bits per heavy atom. The molecule has 4 atom stereocenters. The van der Waals surface area contributed by atoms with Gasteiger partial charge in [-0.25, -0.2) is 0 Å². The number of carbonyl (C=O) groups is 1. The van der Waals surface area contributed by atoms with E-state index in [0.717, 1.165) is 6.42 Å². The van der Waals surface area contributed by atoms with Crippen molar-refractivity contribution in [3.8, 4) is 0 Å². The quantitative estimate of drug-likeness (QED) is 0.521. The molecule has 0 aliphatic heterocycles. The summed E-state index contributed by atoms with van der Waals surface area (Å²) < 4.78 is 5.63. The highest BCUT2D eigenvalue weighted by atomic mass is 16.5. The molecule has 0 radical (unpaired) electrons. The Kier molecular flexibility index (Phi) is 4.17. The van der Waals surface area contributed by atoms with Crippen LogP contribution in [0, 0.1) is 17.8 Å². The summed E-state index contributed by atoms with van der Waals surface area (Å²) in [5.74, 6) is 1.43. The van der Waals surface area contributed by atoms with Crippen molar-refractivity contribution in [1.29, 1.82) is 0 Å². The molecule has 0 heterocycles. The number of hydrogen-bond donors (Lipinski definition) is 0. The molecule has 0 aromatic heterocycles. The molecule has 106 valence electrons. The average Bonchev–Trinajstić information content (AvgIpc) is 2.26. The van der Waals surface area contributed by atoms with E-state index in [2.05, 4.69) is 33.8 Å². The number of allylic oxidation sites excluding steroid dienone is 3. The summed E-state index contributed by atoms with van der Waals surface area (Å²) in [5.41, 5.74) is 4.37. The number of esters is 1. The predicted molar refractivity (Wildman–Crippen MR) is 77.7 cm³/mol. The van der Waals surface area contributed by atoms with Crippen molar-refractivity contribution >= 4 is 5.97 Å². The molecular weight excluding hydrogens is 236 g/mol. The Bertz CT molecular complexity index is 427. The van der Waals surface area contributed by atoms with Crippen LogP contribution in [0.1, 0.15) is 53.9 Å². The van der Waals surface area contributed by atoms with Gasteiger partial charge in [0.15, 0.2) is 0 Å². The molecule has 0 aromatic rings. The SMILES string of the molecule is CC(=O)O[C@@H]1CC(C)=C[C@H]2C(=C(C)C)CC[C@H](C)[C@@H]12. The minimum Gasteiger partial charge on any atom is -0.462 e. The molecule has 0 bridgehead atoms. The largest absolute Gasteiger partial charge is 0.462 e. The third-order valence-corrected chi connectivity index (χ3v) is 4.72. The zero-order valence-electron chi connectivity index (χ0n) is 12.8. The molecule has 2 rings (SSSR count). The van der Waals surface area contributed by atoms with E-state index in [4.69, 9.17) is 4.74 Å². The second-order valence-electron chi connectivity index (χ2n) is 6.51. The number of rotatable bonds is 1.